The van der Waals surface area contributed by atoms with Gasteiger partial charge in [0.2, 0.25) is 6.08 Å². The van der Waals surface area contributed by atoms with E-state index >= 15 is 0 Å². The third-order valence-electron chi connectivity index (χ3n) is 9.31. The van der Waals surface area contributed by atoms with Crippen molar-refractivity contribution < 1.29 is 172 Å². The number of carbonyl (C=O) groups excluding carboxylic acids is 2. The molecule has 1 unspecified atom stereocenters. The van der Waals surface area contributed by atoms with Gasteiger partial charge in [-0.15, -0.1) is 0 Å². The molecule has 0 saturated carbocycles. The van der Waals surface area contributed by atoms with Crippen molar-refractivity contribution in [3.63, 3.8) is 0 Å². The third-order valence-corrected chi connectivity index (χ3v) is 9.31. The quantitative estimate of drug-likeness (QED) is 0.0758. The standard InChI is InChI=1S/C30H13F37N2O2/c1-8-4-3-5-10(11(8)68-7-70)12(71)69-9(2)6-13(31,32)14(33,34)15(35,36)16(37,38)17(39,40)18(41,42)19(43,44)20(45,46)21(47,48)22(49,50)23(51,52)24(53,54)25(55,56)26(57,58)27(59,60)28(61,62)29(63,64)30(65,66)67/h3-5,9H,6H2,1-2H3,(H,69,71). The van der Waals surface area contributed by atoms with Crippen LogP contribution in [0.15, 0.2) is 23.2 Å². The van der Waals surface area contributed by atoms with Crippen LogP contribution in [-0.2, 0) is 4.79 Å². The normalized spacial score (nSPS) is 16.4. The molecule has 0 heterocycles. The maximum Gasteiger partial charge on any atom is 0.460 e. The summed E-state index contributed by atoms with van der Waals surface area (Å²) in [5.74, 6) is -169. The molecule has 71 heavy (non-hydrogen) atoms. The molecular formula is C30H13F37N2O2. The Labute approximate surface area is 363 Å². The first-order valence-electron chi connectivity index (χ1n) is 16.5. The Hall–Kier alpha value is -4.52. The molecule has 0 saturated heterocycles. The fourth-order valence-electron chi connectivity index (χ4n) is 5.07. The van der Waals surface area contributed by atoms with Gasteiger partial charge in [-0.2, -0.15) is 167 Å². The Morgan fingerprint density at radius 2 is 0.676 bits per heavy atom. The Bertz CT molecular complexity index is 2180. The number of nitrogens with one attached hydrogen (secondary N) is 1. The fourth-order valence-corrected chi connectivity index (χ4v) is 5.07. The molecule has 41 heteroatoms. The second kappa shape index (κ2) is 17.3. The maximum atomic E-state index is 14.5. The minimum atomic E-state index is -10.5. The van der Waals surface area contributed by atoms with E-state index in [1.807, 2.05) is 0 Å². The molecule has 1 rings (SSSR count). The lowest BCUT2D eigenvalue weighted by atomic mass is 9.82. The van der Waals surface area contributed by atoms with Crippen LogP contribution in [-0.4, -0.2) is 125 Å². The van der Waals surface area contributed by atoms with Crippen LogP contribution in [0.3, 0.4) is 0 Å². The summed E-state index contributed by atoms with van der Waals surface area (Å²) in [4.78, 5) is 25.9. The number of carbonyl (C=O) groups is 1. The van der Waals surface area contributed by atoms with Crippen molar-refractivity contribution in [2.24, 2.45) is 4.99 Å². The Morgan fingerprint density at radius 3 is 0.915 bits per heavy atom. The summed E-state index contributed by atoms with van der Waals surface area (Å²) in [5, 5.41) is 1.15. The summed E-state index contributed by atoms with van der Waals surface area (Å²) in [7, 11) is 0. The number of hydrogen-bond donors (Lipinski definition) is 1. The Kier molecular flexibility index (Phi) is 15.7. The van der Waals surface area contributed by atoms with E-state index in [4.69, 9.17) is 0 Å². The molecule has 1 aromatic rings. The summed E-state index contributed by atoms with van der Waals surface area (Å²) in [6.07, 6.45) is -11.1. The first-order chi connectivity index (χ1) is 30.5. The van der Waals surface area contributed by atoms with Crippen LogP contribution < -0.4 is 5.32 Å². The average Bonchev–Trinajstić information content (AvgIpc) is 3.16. The minimum Gasteiger partial charge on any atom is -0.349 e. The number of para-hydroxylation sites is 1. The van der Waals surface area contributed by atoms with E-state index in [0.29, 0.717) is 6.07 Å². The number of benzene rings is 1. The van der Waals surface area contributed by atoms with Crippen LogP contribution in [0.2, 0.25) is 0 Å². The molecule has 0 aromatic heterocycles. The van der Waals surface area contributed by atoms with E-state index in [-0.39, 0.29) is 12.5 Å². The molecule has 1 aromatic carbocycles. The van der Waals surface area contributed by atoms with Gasteiger partial charge in [-0.05, 0) is 25.5 Å². The van der Waals surface area contributed by atoms with Crippen molar-refractivity contribution >= 4 is 17.7 Å². The van der Waals surface area contributed by atoms with Gasteiger partial charge in [-0.3, -0.25) is 4.79 Å². The molecule has 0 spiro atoms. The largest absolute Gasteiger partial charge is 0.460 e. The first kappa shape index (κ1) is 64.5. The third kappa shape index (κ3) is 8.28. The molecule has 0 radical (unpaired) electrons. The van der Waals surface area contributed by atoms with E-state index in [2.05, 4.69) is 4.99 Å². The predicted molar refractivity (Wildman–Crippen MR) is 151 cm³/mol. The predicted octanol–water partition coefficient (Wildman–Crippen LogP) is 13.8. The average molecular weight is 1140 g/mol. The van der Waals surface area contributed by atoms with Crippen LogP contribution in [0, 0.1) is 6.92 Å². The highest BCUT2D eigenvalue weighted by Gasteiger charge is 3.02. The smallest absolute Gasteiger partial charge is 0.349 e. The maximum absolute atomic E-state index is 14.5. The number of aliphatic imine (C=N–C) groups is 1. The number of halogens is 37. The molecule has 0 fully saturated rings. The van der Waals surface area contributed by atoms with Crippen LogP contribution in [0.25, 0.3) is 0 Å². The van der Waals surface area contributed by atoms with E-state index in [9.17, 15) is 172 Å². The van der Waals surface area contributed by atoms with E-state index in [1.165, 1.54) is 0 Å². The second-order valence-corrected chi connectivity index (χ2v) is 14.1. The summed E-state index contributed by atoms with van der Waals surface area (Å²) in [5.41, 5.74) is -1.91. The summed E-state index contributed by atoms with van der Waals surface area (Å²) in [6, 6.07) is -0.481. The zero-order chi connectivity index (χ0) is 57.8. The highest BCUT2D eigenvalue weighted by molar-refractivity contribution is 6.00. The van der Waals surface area contributed by atoms with Crippen LogP contribution >= 0.6 is 0 Å². The van der Waals surface area contributed by atoms with Crippen molar-refractivity contribution in [1.29, 1.82) is 0 Å². The van der Waals surface area contributed by atoms with E-state index in [1.54, 1.807) is 0 Å². The molecule has 1 amide bonds. The lowest BCUT2D eigenvalue weighted by Gasteiger charge is -2.47. The zero-order valence-corrected chi connectivity index (χ0v) is 32.3. The molecule has 0 aliphatic rings. The summed E-state index contributed by atoms with van der Waals surface area (Å²) in [6.45, 7) is 0.998. The number of amides is 1. The Balaban J connectivity index is 3.97. The number of hydrogen-bond acceptors (Lipinski definition) is 3. The molecule has 1 N–H and O–H groups in total. The van der Waals surface area contributed by atoms with Gasteiger partial charge in [-0.1, -0.05) is 12.1 Å². The molecule has 0 aliphatic heterocycles. The molecule has 414 valence electrons. The lowest BCUT2D eigenvalue weighted by Crippen LogP contribution is -2.80. The first-order valence-corrected chi connectivity index (χ1v) is 16.5. The number of alkyl halides is 37. The lowest BCUT2D eigenvalue weighted by molar-refractivity contribution is -0.493. The highest BCUT2D eigenvalue weighted by atomic mass is 19.4. The van der Waals surface area contributed by atoms with Gasteiger partial charge in [-0.25, -0.2) is 4.79 Å². The van der Waals surface area contributed by atoms with E-state index in [0.717, 1.165) is 30.5 Å². The zero-order valence-electron chi connectivity index (χ0n) is 32.3. The van der Waals surface area contributed by atoms with Crippen LogP contribution in [0.1, 0.15) is 29.3 Å². The highest BCUT2D eigenvalue weighted by Crippen LogP contribution is 2.71. The fraction of sp³-hybridized carbons (Fsp3) is 0.733. The second-order valence-electron chi connectivity index (χ2n) is 14.1. The Morgan fingerprint density at radius 1 is 0.437 bits per heavy atom. The van der Waals surface area contributed by atoms with Gasteiger partial charge in [0.15, 0.2) is 0 Å². The van der Waals surface area contributed by atoms with E-state index < -0.39 is 136 Å². The molecule has 0 bridgehead atoms. The van der Waals surface area contributed by atoms with Gasteiger partial charge in [0.25, 0.3) is 5.91 Å². The number of rotatable bonds is 21. The molecule has 0 aliphatic carbocycles. The summed E-state index contributed by atoms with van der Waals surface area (Å²) >= 11 is 0. The molecular weight excluding hydrogens is 1120 g/mol. The van der Waals surface area contributed by atoms with Crippen molar-refractivity contribution in [2.45, 2.75) is 133 Å². The number of nitrogens with zero attached hydrogens (tertiary/aromatic N) is 1. The minimum absolute atomic E-state index is 0.0301. The molecule has 1 atom stereocenters. The number of aryl methyl sites for hydroxylation is 1. The van der Waals surface area contributed by atoms with Gasteiger partial charge >= 0.3 is 107 Å². The van der Waals surface area contributed by atoms with Gasteiger partial charge in [0, 0.05) is 12.5 Å². The SMILES string of the molecule is Cc1cccc(C(=O)NC(C)CC(F)(F)C(F)(F)C(F)(F)C(F)(F)C(F)(F)C(F)(F)C(F)(F)C(F)(F)C(F)(F)C(F)(F)C(F)(F)C(F)(F)C(F)(F)C(F)(F)C(F)(F)C(F)(F)C(F)(F)C(F)(F)F)c1N=C=O. The van der Waals surface area contributed by atoms with Crippen molar-refractivity contribution in [2.75, 3.05) is 0 Å². The van der Waals surface area contributed by atoms with Crippen LogP contribution in [0.5, 0.6) is 0 Å². The monoisotopic (exact) mass is 1140 g/mol. The molecule has 4 nitrogen and oxygen atoms in total. The van der Waals surface area contributed by atoms with Gasteiger partial charge < -0.3 is 5.32 Å². The van der Waals surface area contributed by atoms with Crippen molar-refractivity contribution in [3.8, 4) is 0 Å². The van der Waals surface area contributed by atoms with Crippen molar-refractivity contribution in [1.82, 2.24) is 5.32 Å². The van der Waals surface area contributed by atoms with Gasteiger partial charge in [0.1, 0.15) is 0 Å². The van der Waals surface area contributed by atoms with Crippen LogP contribution in [0.4, 0.5) is 168 Å². The number of isocyanates is 1. The topological polar surface area (TPSA) is 58.5 Å². The summed E-state index contributed by atoms with van der Waals surface area (Å²) < 4.78 is 514. The van der Waals surface area contributed by atoms with Gasteiger partial charge in [0.05, 0.1) is 11.3 Å². The van der Waals surface area contributed by atoms with Crippen molar-refractivity contribution in [3.05, 3.63) is 29.3 Å².